The van der Waals surface area contributed by atoms with Crippen LogP contribution in [0.1, 0.15) is 41.9 Å². The molecule has 2 aromatic carbocycles. The Balaban J connectivity index is 1.87. The molecule has 34 heavy (non-hydrogen) atoms. The molecule has 182 valence electrons. The minimum atomic E-state index is -4.42. The summed E-state index contributed by atoms with van der Waals surface area (Å²) in [5, 5.41) is 0.722. The number of fused-ring (bicyclic) bond motifs is 1. The minimum absolute atomic E-state index is 0.0782. The molecule has 0 N–H and O–H groups in total. The van der Waals surface area contributed by atoms with Crippen LogP contribution in [0.15, 0.2) is 35.3 Å². The molecule has 2 heterocycles. The van der Waals surface area contributed by atoms with Gasteiger partial charge in [0, 0.05) is 24.9 Å². The molecule has 0 saturated carbocycles. The molecule has 1 aliphatic heterocycles. The lowest BCUT2D eigenvalue weighted by Gasteiger charge is -2.18. The highest BCUT2D eigenvalue weighted by Crippen LogP contribution is 2.36. The van der Waals surface area contributed by atoms with Crippen molar-refractivity contribution < 1.29 is 27.4 Å². The van der Waals surface area contributed by atoms with E-state index in [9.17, 15) is 13.2 Å². The molecule has 4 rings (SSSR count). The SMILES string of the molecule is COc1cc2c(cc1O[C@H]1CCOC1)c(=NC(C)c1cccc(C(F)(F)F)c1C)nc(C)n2C. The summed E-state index contributed by atoms with van der Waals surface area (Å²) in [5.74, 6) is 1.84. The fraction of sp³-hybridized carbons (Fsp3) is 0.440. The number of alkyl halides is 3. The lowest BCUT2D eigenvalue weighted by Crippen LogP contribution is -2.20. The fourth-order valence-corrected chi connectivity index (χ4v) is 4.27. The normalized spacial score (nSPS) is 17.9. The molecule has 2 atom stereocenters. The van der Waals surface area contributed by atoms with E-state index in [2.05, 4.69) is 4.98 Å². The van der Waals surface area contributed by atoms with Gasteiger partial charge in [-0.1, -0.05) is 12.1 Å². The van der Waals surface area contributed by atoms with Crippen LogP contribution in [0.4, 0.5) is 13.2 Å². The molecule has 1 saturated heterocycles. The number of halogens is 3. The van der Waals surface area contributed by atoms with Crippen LogP contribution >= 0.6 is 0 Å². The van der Waals surface area contributed by atoms with Gasteiger partial charge in [-0.3, -0.25) is 4.99 Å². The maximum atomic E-state index is 13.4. The Morgan fingerprint density at radius 3 is 2.62 bits per heavy atom. The number of benzene rings is 2. The summed E-state index contributed by atoms with van der Waals surface area (Å²) in [4.78, 5) is 9.41. The van der Waals surface area contributed by atoms with Crippen LogP contribution in [0.25, 0.3) is 10.9 Å². The first-order valence-electron chi connectivity index (χ1n) is 11.1. The molecule has 0 aliphatic carbocycles. The molecule has 9 heteroatoms. The minimum Gasteiger partial charge on any atom is -0.493 e. The second-order valence-corrected chi connectivity index (χ2v) is 8.49. The van der Waals surface area contributed by atoms with Gasteiger partial charge in [-0.25, -0.2) is 4.98 Å². The summed E-state index contributed by atoms with van der Waals surface area (Å²) < 4.78 is 59.3. The Bertz CT molecular complexity index is 1280. The molecule has 0 radical (unpaired) electrons. The van der Waals surface area contributed by atoms with E-state index in [-0.39, 0.29) is 11.7 Å². The first-order valence-corrected chi connectivity index (χ1v) is 11.1. The quantitative estimate of drug-likeness (QED) is 0.518. The zero-order valence-corrected chi connectivity index (χ0v) is 19.9. The molecular formula is C25H28F3N3O3. The summed E-state index contributed by atoms with van der Waals surface area (Å²) in [6, 6.07) is 7.35. The highest BCUT2D eigenvalue weighted by atomic mass is 19.4. The molecule has 1 fully saturated rings. The van der Waals surface area contributed by atoms with Crippen molar-refractivity contribution in [2.24, 2.45) is 12.0 Å². The average Bonchev–Trinajstić information content (AvgIpc) is 3.29. The molecule has 3 aromatic rings. The van der Waals surface area contributed by atoms with Crippen LogP contribution in [0.3, 0.4) is 0 Å². The van der Waals surface area contributed by atoms with Crippen molar-refractivity contribution in [2.75, 3.05) is 20.3 Å². The summed E-state index contributed by atoms with van der Waals surface area (Å²) in [6.07, 6.45) is -3.72. The van der Waals surface area contributed by atoms with Gasteiger partial charge in [0.2, 0.25) is 0 Å². The largest absolute Gasteiger partial charge is 0.493 e. The Morgan fingerprint density at radius 1 is 1.21 bits per heavy atom. The molecule has 6 nitrogen and oxygen atoms in total. The van der Waals surface area contributed by atoms with Gasteiger partial charge in [0.15, 0.2) is 17.0 Å². The summed E-state index contributed by atoms with van der Waals surface area (Å²) in [5.41, 5.74) is 1.28. The van der Waals surface area contributed by atoms with Crippen molar-refractivity contribution in [1.82, 2.24) is 9.55 Å². The van der Waals surface area contributed by atoms with Crippen LogP contribution in [0, 0.1) is 13.8 Å². The zero-order chi connectivity index (χ0) is 24.6. The first-order chi connectivity index (χ1) is 16.1. The smallest absolute Gasteiger partial charge is 0.416 e. The lowest BCUT2D eigenvalue weighted by molar-refractivity contribution is -0.138. The molecule has 1 unspecified atom stereocenters. The monoisotopic (exact) mass is 475 g/mol. The highest BCUT2D eigenvalue weighted by molar-refractivity contribution is 5.82. The number of ether oxygens (including phenoxy) is 3. The maximum absolute atomic E-state index is 13.4. The van der Waals surface area contributed by atoms with E-state index in [1.807, 2.05) is 30.7 Å². The number of aromatic nitrogens is 2. The third kappa shape index (κ3) is 4.61. The van der Waals surface area contributed by atoms with Crippen LogP contribution in [0.2, 0.25) is 0 Å². The van der Waals surface area contributed by atoms with Crippen molar-refractivity contribution >= 4 is 10.9 Å². The summed E-state index contributed by atoms with van der Waals surface area (Å²) in [7, 11) is 3.47. The topological polar surface area (TPSA) is 57.9 Å². The van der Waals surface area contributed by atoms with Crippen molar-refractivity contribution in [3.8, 4) is 11.5 Å². The Hall–Kier alpha value is -3.07. The van der Waals surface area contributed by atoms with E-state index in [1.54, 1.807) is 20.1 Å². The van der Waals surface area contributed by atoms with E-state index in [0.29, 0.717) is 41.6 Å². The molecular weight excluding hydrogens is 447 g/mol. The number of hydrogen-bond donors (Lipinski definition) is 0. The van der Waals surface area contributed by atoms with Gasteiger partial charge in [0.1, 0.15) is 11.9 Å². The van der Waals surface area contributed by atoms with Crippen LogP contribution in [-0.2, 0) is 18.0 Å². The van der Waals surface area contributed by atoms with E-state index in [4.69, 9.17) is 19.2 Å². The number of hydrogen-bond acceptors (Lipinski definition) is 5. The fourth-order valence-electron chi connectivity index (χ4n) is 4.27. The Labute approximate surface area is 196 Å². The molecule has 0 bridgehead atoms. The van der Waals surface area contributed by atoms with E-state index in [0.717, 1.165) is 23.4 Å². The zero-order valence-electron chi connectivity index (χ0n) is 19.9. The third-order valence-corrected chi connectivity index (χ3v) is 6.27. The average molecular weight is 476 g/mol. The number of rotatable bonds is 5. The molecule has 0 amide bonds. The van der Waals surface area contributed by atoms with Gasteiger partial charge in [0.05, 0.1) is 37.4 Å². The number of aryl methyl sites for hydroxylation is 2. The maximum Gasteiger partial charge on any atom is 0.416 e. The Kier molecular flexibility index (Phi) is 6.58. The van der Waals surface area contributed by atoms with Gasteiger partial charge in [-0.15, -0.1) is 0 Å². The predicted octanol–water partition coefficient (Wildman–Crippen LogP) is 5.05. The predicted molar refractivity (Wildman–Crippen MR) is 122 cm³/mol. The third-order valence-electron chi connectivity index (χ3n) is 6.27. The van der Waals surface area contributed by atoms with Gasteiger partial charge in [0.25, 0.3) is 0 Å². The van der Waals surface area contributed by atoms with Crippen molar-refractivity contribution in [3.63, 3.8) is 0 Å². The second-order valence-electron chi connectivity index (χ2n) is 8.49. The van der Waals surface area contributed by atoms with Crippen molar-refractivity contribution in [3.05, 3.63) is 58.3 Å². The Morgan fingerprint density at radius 2 is 1.97 bits per heavy atom. The summed E-state index contributed by atoms with van der Waals surface area (Å²) >= 11 is 0. The highest BCUT2D eigenvalue weighted by Gasteiger charge is 2.33. The van der Waals surface area contributed by atoms with Crippen LogP contribution < -0.4 is 15.0 Å². The van der Waals surface area contributed by atoms with Gasteiger partial charge >= 0.3 is 6.18 Å². The van der Waals surface area contributed by atoms with E-state index < -0.39 is 17.8 Å². The number of nitrogens with zero attached hydrogens (tertiary/aromatic N) is 3. The van der Waals surface area contributed by atoms with Crippen LogP contribution in [-0.4, -0.2) is 36.0 Å². The first kappa shape index (κ1) is 24.1. The van der Waals surface area contributed by atoms with E-state index in [1.165, 1.54) is 13.0 Å². The van der Waals surface area contributed by atoms with Crippen LogP contribution in [0.5, 0.6) is 11.5 Å². The van der Waals surface area contributed by atoms with Gasteiger partial charge in [-0.05, 0) is 44.0 Å². The van der Waals surface area contributed by atoms with Gasteiger partial charge < -0.3 is 18.8 Å². The van der Waals surface area contributed by atoms with E-state index >= 15 is 0 Å². The lowest BCUT2D eigenvalue weighted by atomic mass is 9.97. The van der Waals surface area contributed by atoms with Gasteiger partial charge in [-0.2, -0.15) is 13.2 Å². The second kappa shape index (κ2) is 9.29. The summed E-state index contributed by atoms with van der Waals surface area (Å²) in [6.45, 7) is 6.25. The standard InChI is InChI=1S/C25H28F3N3O3/c1-14-18(7-6-8-20(14)25(26,27)28)15(2)29-24-19-11-23(34-17-9-10-33-13-17)22(32-5)12-21(19)31(4)16(3)30-24/h6-8,11-12,15,17H,9-10,13H2,1-5H3/t15?,17-/m0/s1. The molecule has 1 aliphatic rings. The van der Waals surface area contributed by atoms with Crippen molar-refractivity contribution in [2.45, 2.75) is 45.5 Å². The number of methoxy groups -OCH3 is 1. The molecule has 0 spiro atoms. The van der Waals surface area contributed by atoms with Crippen molar-refractivity contribution in [1.29, 1.82) is 0 Å². The molecule has 1 aromatic heterocycles.